The zero-order valence-corrected chi connectivity index (χ0v) is 16.2. The van der Waals surface area contributed by atoms with Crippen LogP contribution < -0.4 is 14.8 Å². The number of rotatable bonds is 6. The molecule has 1 saturated heterocycles. The average molecular weight is 365 g/mol. The van der Waals surface area contributed by atoms with Crippen LogP contribution in [0.1, 0.15) is 36.9 Å². The Bertz CT molecular complexity index is 441. The maximum atomic E-state index is 5.66. The van der Waals surface area contributed by atoms with Crippen LogP contribution in [0.2, 0.25) is 0 Å². The summed E-state index contributed by atoms with van der Waals surface area (Å²) in [6.07, 6.45) is 2.27. The van der Waals surface area contributed by atoms with Crippen molar-refractivity contribution in [2.75, 3.05) is 40.4 Å². The molecule has 0 aliphatic carbocycles. The van der Waals surface area contributed by atoms with Gasteiger partial charge in [-0.3, -0.25) is 4.90 Å². The van der Waals surface area contributed by atoms with Crippen LogP contribution in [0.3, 0.4) is 0 Å². The van der Waals surface area contributed by atoms with Crippen LogP contribution in [0.4, 0.5) is 0 Å². The van der Waals surface area contributed by atoms with Crippen molar-refractivity contribution in [2.24, 2.45) is 0 Å². The van der Waals surface area contributed by atoms with E-state index in [-0.39, 0.29) is 24.8 Å². The van der Waals surface area contributed by atoms with Crippen LogP contribution >= 0.6 is 24.8 Å². The molecule has 6 heteroatoms. The van der Waals surface area contributed by atoms with E-state index in [2.05, 4.69) is 36.2 Å². The summed E-state index contributed by atoms with van der Waals surface area (Å²) in [5, 5.41) is 3.43. The molecule has 0 amide bonds. The number of ether oxygens (including phenoxy) is 2. The van der Waals surface area contributed by atoms with Crippen LogP contribution in [0, 0.1) is 6.92 Å². The van der Waals surface area contributed by atoms with Gasteiger partial charge >= 0.3 is 0 Å². The number of nitrogens with one attached hydrogen (secondary N) is 1. The fourth-order valence-electron chi connectivity index (χ4n) is 3.18. The van der Waals surface area contributed by atoms with Gasteiger partial charge in [0, 0.05) is 32.2 Å². The van der Waals surface area contributed by atoms with Crippen molar-refractivity contribution in [3.63, 3.8) is 0 Å². The van der Waals surface area contributed by atoms with E-state index in [0.717, 1.165) is 50.5 Å². The van der Waals surface area contributed by atoms with Crippen molar-refractivity contribution >= 4 is 24.8 Å². The number of piperazine rings is 1. The second kappa shape index (κ2) is 11.0. The van der Waals surface area contributed by atoms with E-state index in [1.807, 2.05) is 0 Å². The molecule has 1 N–H and O–H groups in total. The molecule has 1 aliphatic heterocycles. The quantitative estimate of drug-likeness (QED) is 0.835. The van der Waals surface area contributed by atoms with Crippen LogP contribution in [0.25, 0.3) is 0 Å². The number of hydrogen-bond acceptors (Lipinski definition) is 4. The van der Waals surface area contributed by atoms with E-state index in [9.17, 15) is 0 Å². The monoisotopic (exact) mass is 364 g/mol. The standard InChI is InChI=1S/C17H28N2O2.2ClH/c1-5-6-14(19-9-7-18-8-10-19)17-15(20-3)11-13(2)12-16(17)21-4;;/h11-12,14,18H,5-10H2,1-4H3;2*1H/t14-;;/m1../s1. The molecule has 0 aromatic heterocycles. The first-order valence-electron chi connectivity index (χ1n) is 7.88. The van der Waals surface area contributed by atoms with Crippen molar-refractivity contribution in [3.05, 3.63) is 23.3 Å². The highest BCUT2D eigenvalue weighted by Crippen LogP contribution is 2.40. The molecule has 134 valence electrons. The third-order valence-electron chi connectivity index (χ3n) is 4.18. The summed E-state index contributed by atoms with van der Waals surface area (Å²) < 4.78 is 11.3. The van der Waals surface area contributed by atoms with Gasteiger partial charge in [0.25, 0.3) is 0 Å². The van der Waals surface area contributed by atoms with Crippen LogP contribution in [-0.2, 0) is 0 Å². The Hall–Kier alpha value is -0.680. The largest absolute Gasteiger partial charge is 0.496 e. The highest BCUT2D eigenvalue weighted by atomic mass is 35.5. The fourth-order valence-corrected chi connectivity index (χ4v) is 3.18. The molecule has 0 spiro atoms. The number of halogens is 2. The second-order valence-electron chi connectivity index (χ2n) is 5.67. The summed E-state index contributed by atoms with van der Waals surface area (Å²) >= 11 is 0. The predicted octanol–water partition coefficient (Wildman–Crippen LogP) is 3.60. The maximum Gasteiger partial charge on any atom is 0.127 e. The lowest BCUT2D eigenvalue weighted by atomic mass is 9.96. The molecule has 0 unspecified atom stereocenters. The molecule has 1 atom stereocenters. The van der Waals surface area contributed by atoms with Crippen molar-refractivity contribution in [1.82, 2.24) is 10.2 Å². The van der Waals surface area contributed by atoms with E-state index in [1.54, 1.807) is 14.2 Å². The Kier molecular flexibility index (Phi) is 10.7. The molecule has 0 radical (unpaired) electrons. The maximum absolute atomic E-state index is 5.66. The molecule has 1 aliphatic rings. The van der Waals surface area contributed by atoms with E-state index >= 15 is 0 Å². The van der Waals surface area contributed by atoms with Gasteiger partial charge in [-0.15, -0.1) is 24.8 Å². The third kappa shape index (κ3) is 5.42. The van der Waals surface area contributed by atoms with E-state index in [0.29, 0.717) is 6.04 Å². The first-order valence-corrected chi connectivity index (χ1v) is 7.88. The summed E-state index contributed by atoms with van der Waals surface area (Å²) in [4.78, 5) is 2.55. The van der Waals surface area contributed by atoms with Crippen molar-refractivity contribution < 1.29 is 9.47 Å². The van der Waals surface area contributed by atoms with Crippen LogP contribution in [0.15, 0.2) is 12.1 Å². The minimum atomic E-state index is 0. The average Bonchev–Trinajstić information content (AvgIpc) is 2.53. The Morgan fingerprint density at radius 3 is 2.04 bits per heavy atom. The summed E-state index contributed by atoms with van der Waals surface area (Å²) in [6, 6.07) is 4.59. The first-order chi connectivity index (χ1) is 10.2. The first kappa shape index (κ1) is 22.3. The highest BCUT2D eigenvalue weighted by molar-refractivity contribution is 5.85. The highest BCUT2D eigenvalue weighted by Gasteiger charge is 2.27. The lowest BCUT2D eigenvalue weighted by molar-refractivity contribution is 0.159. The predicted molar refractivity (Wildman–Crippen MR) is 101 cm³/mol. The van der Waals surface area contributed by atoms with Gasteiger partial charge in [0.15, 0.2) is 0 Å². The van der Waals surface area contributed by atoms with Gasteiger partial charge in [-0.2, -0.15) is 0 Å². The number of benzene rings is 1. The number of hydrogen-bond donors (Lipinski definition) is 1. The van der Waals surface area contributed by atoms with Crippen LogP contribution in [-0.4, -0.2) is 45.3 Å². The topological polar surface area (TPSA) is 33.7 Å². The zero-order valence-electron chi connectivity index (χ0n) is 14.6. The summed E-state index contributed by atoms with van der Waals surface area (Å²) in [6.45, 7) is 8.57. The third-order valence-corrected chi connectivity index (χ3v) is 4.18. The second-order valence-corrected chi connectivity index (χ2v) is 5.67. The van der Waals surface area contributed by atoms with Crippen molar-refractivity contribution in [1.29, 1.82) is 0 Å². The van der Waals surface area contributed by atoms with Crippen molar-refractivity contribution in [3.8, 4) is 11.5 Å². The molecule has 1 aromatic rings. The van der Waals surface area contributed by atoms with Crippen molar-refractivity contribution in [2.45, 2.75) is 32.7 Å². The van der Waals surface area contributed by atoms with Gasteiger partial charge in [-0.25, -0.2) is 0 Å². The lowest BCUT2D eigenvalue weighted by Crippen LogP contribution is -2.45. The Labute approximate surface area is 152 Å². The molecule has 2 rings (SSSR count). The normalized spacial score (nSPS) is 16.0. The SMILES string of the molecule is CCC[C@H](c1c(OC)cc(C)cc1OC)N1CCNCC1.Cl.Cl. The Balaban J connectivity index is 0.00000242. The molecule has 1 aromatic carbocycles. The minimum absolute atomic E-state index is 0. The van der Waals surface area contributed by atoms with E-state index in [4.69, 9.17) is 9.47 Å². The fraction of sp³-hybridized carbons (Fsp3) is 0.647. The lowest BCUT2D eigenvalue weighted by Gasteiger charge is -2.36. The summed E-state index contributed by atoms with van der Waals surface area (Å²) in [5.41, 5.74) is 2.37. The number of aryl methyl sites for hydroxylation is 1. The molecule has 1 fully saturated rings. The van der Waals surface area contributed by atoms with Gasteiger partial charge in [0.1, 0.15) is 11.5 Å². The molecular formula is C17H30Cl2N2O2. The summed E-state index contributed by atoms with van der Waals surface area (Å²) in [5.74, 6) is 1.90. The van der Waals surface area contributed by atoms with Gasteiger partial charge in [0.2, 0.25) is 0 Å². The molecule has 0 bridgehead atoms. The molecule has 23 heavy (non-hydrogen) atoms. The van der Waals surface area contributed by atoms with E-state index in [1.165, 1.54) is 11.1 Å². The summed E-state index contributed by atoms with van der Waals surface area (Å²) in [7, 11) is 3.50. The smallest absolute Gasteiger partial charge is 0.127 e. The van der Waals surface area contributed by atoms with Gasteiger partial charge in [-0.05, 0) is 31.0 Å². The Morgan fingerprint density at radius 2 is 1.61 bits per heavy atom. The zero-order chi connectivity index (χ0) is 15.2. The molecule has 1 heterocycles. The molecular weight excluding hydrogens is 335 g/mol. The molecule has 4 nitrogen and oxygen atoms in total. The van der Waals surface area contributed by atoms with Gasteiger partial charge < -0.3 is 14.8 Å². The number of methoxy groups -OCH3 is 2. The molecule has 0 saturated carbocycles. The van der Waals surface area contributed by atoms with Gasteiger partial charge in [-0.1, -0.05) is 13.3 Å². The minimum Gasteiger partial charge on any atom is -0.496 e. The van der Waals surface area contributed by atoms with E-state index < -0.39 is 0 Å². The Morgan fingerprint density at radius 1 is 1.09 bits per heavy atom. The van der Waals surface area contributed by atoms with Gasteiger partial charge in [0.05, 0.1) is 19.8 Å². The van der Waals surface area contributed by atoms with Crippen LogP contribution in [0.5, 0.6) is 11.5 Å². The number of nitrogens with zero attached hydrogens (tertiary/aromatic N) is 1.